The summed E-state index contributed by atoms with van der Waals surface area (Å²) in [5, 5.41) is 0.579. The molecule has 1 aliphatic rings. The molecule has 0 unspecified atom stereocenters. The van der Waals surface area contributed by atoms with E-state index in [1.165, 1.54) is 0 Å². The number of halogens is 1. The Bertz CT molecular complexity index is 928. The third-order valence-corrected chi connectivity index (χ3v) is 5.33. The molecule has 2 heterocycles. The summed E-state index contributed by atoms with van der Waals surface area (Å²) in [5.74, 6) is -0.693. The third kappa shape index (κ3) is 4.29. The molecule has 1 aromatic carbocycles. The van der Waals surface area contributed by atoms with Crippen molar-refractivity contribution in [1.29, 1.82) is 0 Å². The van der Waals surface area contributed by atoms with Gasteiger partial charge in [0.15, 0.2) is 0 Å². The predicted octanol–water partition coefficient (Wildman–Crippen LogP) is 3.06. The SMILES string of the molecule is CCOC(=O)c1c(C)[nH]c(C(=O)N2CCN(C(=O)c3ccc(Cl)cc3)CC2)c1C. The first-order valence-corrected chi connectivity index (χ1v) is 9.91. The first kappa shape index (κ1) is 20.9. The van der Waals surface area contributed by atoms with Crippen molar-refractivity contribution >= 4 is 29.4 Å². The summed E-state index contributed by atoms with van der Waals surface area (Å²) in [5.41, 5.74) is 2.57. The second-order valence-electron chi connectivity index (χ2n) is 6.94. The summed E-state index contributed by atoms with van der Waals surface area (Å²) in [7, 11) is 0. The number of esters is 1. The van der Waals surface area contributed by atoms with Gasteiger partial charge in [-0.15, -0.1) is 0 Å². The number of hydrogen-bond acceptors (Lipinski definition) is 4. The van der Waals surface area contributed by atoms with Crippen molar-refractivity contribution in [1.82, 2.24) is 14.8 Å². The Morgan fingerprint density at radius 2 is 1.55 bits per heavy atom. The van der Waals surface area contributed by atoms with Crippen LogP contribution in [0, 0.1) is 13.8 Å². The summed E-state index contributed by atoms with van der Waals surface area (Å²) >= 11 is 5.88. The molecule has 1 N–H and O–H groups in total. The smallest absolute Gasteiger partial charge is 0.340 e. The average molecular weight is 418 g/mol. The van der Waals surface area contributed by atoms with Crippen LogP contribution in [-0.4, -0.2) is 65.4 Å². The molecule has 7 nitrogen and oxygen atoms in total. The molecule has 0 atom stereocenters. The van der Waals surface area contributed by atoms with Gasteiger partial charge in [0.2, 0.25) is 0 Å². The van der Waals surface area contributed by atoms with Crippen LogP contribution >= 0.6 is 11.6 Å². The van der Waals surface area contributed by atoms with Gasteiger partial charge in [-0.05, 0) is 50.6 Å². The minimum Gasteiger partial charge on any atom is -0.462 e. The zero-order chi connectivity index (χ0) is 21.1. The Balaban J connectivity index is 1.67. The molecule has 0 aliphatic carbocycles. The number of rotatable bonds is 4. The van der Waals surface area contributed by atoms with Crippen LogP contribution in [-0.2, 0) is 4.74 Å². The molecule has 0 bridgehead atoms. The van der Waals surface area contributed by atoms with Gasteiger partial charge < -0.3 is 19.5 Å². The van der Waals surface area contributed by atoms with Gasteiger partial charge in [0.05, 0.1) is 12.2 Å². The van der Waals surface area contributed by atoms with Crippen LogP contribution in [0.1, 0.15) is 49.4 Å². The summed E-state index contributed by atoms with van der Waals surface area (Å²) in [6.07, 6.45) is 0. The van der Waals surface area contributed by atoms with Crippen molar-refractivity contribution in [3.8, 4) is 0 Å². The van der Waals surface area contributed by atoms with Crippen molar-refractivity contribution in [2.45, 2.75) is 20.8 Å². The van der Waals surface area contributed by atoms with Gasteiger partial charge in [-0.25, -0.2) is 4.79 Å². The molecule has 0 spiro atoms. The number of benzene rings is 1. The standard InChI is InChI=1S/C21H24ClN3O4/c1-4-29-21(28)17-13(2)18(23-14(17)3)20(27)25-11-9-24(10-12-25)19(26)15-5-7-16(22)8-6-15/h5-8,23H,4,9-12H2,1-3H3. The summed E-state index contributed by atoms with van der Waals surface area (Å²) in [6, 6.07) is 6.77. The number of aromatic amines is 1. The van der Waals surface area contributed by atoms with Gasteiger partial charge in [-0.2, -0.15) is 0 Å². The second-order valence-corrected chi connectivity index (χ2v) is 7.37. The molecule has 2 aromatic rings. The van der Waals surface area contributed by atoms with Crippen molar-refractivity contribution in [3.63, 3.8) is 0 Å². The molecule has 1 aromatic heterocycles. The highest BCUT2D eigenvalue weighted by atomic mass is 35.5. The number of aryl methyl sites for hydroxylation is 1. The maximum Gasteiger partial charge on any atom is 0.340 e. The van der Waals surface area contributed by atoms with E-state index in [1.54, 1.807) is 54.8 Å². The van der Waals surface area contributed by atoms with Crippen molar-refractivity contribution in [2.24, 2.45) is 0 Å². The summed E-state index contributed by atoms with van der Waals surface area (Å²) < 4.78 is 5.08. The number of aromatic nitrogens is 1. The predicted molar refractivity (Wildman–Crippen MR) is 109 cm³/mol. The van der Waals surface area contributed by atoms with Gasteiger partial charge in [-0.1, -0.05) is 11.6 Å². The van der Waals surface area contributed by atoms with Gasteiger partial charge in [-0.3, -0.25) is 9.59 Å². The number of H-pyrrole nitrogens is 1. The Morgan fingerprint density at radius 3 is 2.10 bits per heavy atom. The largest absolute Gasteiger partial charge is 0.462 e. The first-order valence-electron chi connectivity index (χ1n) is 9.53. The first-order chi connectivity index (χ1) is 13.8. The van der Waals surface area contributed by atoms with E-state index in [-0.39, 0.29) is 18.4 Å². The van der Waals surface area contributed by atoms with Crippen LogP contribution < -0.4 is 0 Å². The Hall–Kier alpha value is -2.80. The molecule has 8 heteroatoms. The van der Waals surface area contributed by atoms with E-state index in [0.29, 0.717) is 59.3 Å². The van der Waals surface area contributed by atoms with Crippen molar-refractivity contribution < 1.29 is 19.1 Å². The average Bonchev–Trinajstić information content (AvgIpc) is 3.02. The quantitative estimate of drug-likeness (QED) is 0.775. The molecule has 1 saturated heterocycles. The van der Waals surface area contributed by atoms with Crippen LogP contribution in [0.2, 0.25) is 5.02 Å². The number of hydrogen-bond donors (Lipinski definition) is 1. The molecule has 1 aliphatic heterocycles. The van der Waals surface area contributed by atoms with Gasteiger partial charge in [0.25, 0.3) is 11.8 Å². The molecular weight excluding hydrogens is 394 g/mol. The molecule has 0 saturated carbocycles. The van der Waals surface area contributed by atoms with Crippen molar-refractivity contribution in [2.75, 3.05) is 32.8 Å². The Kier molecular flexibility index (Phi) is 6.27. The van der Waals surface area contributed by atoms with Gasteiger partial charge in [0, 0.05) is 42.5 Å². The maximum absolute atomic E-state index is 13.0. The number of nitrogens with one attached hydrogen (secondary N) is 1. The van der Waals surface area contributed by atoms with Crippen LogP contribution in [0.15, 0.2) is 24.3 Å². The lowest BCUT2D eigenvalue weighted by atomic mass is 10.1. The highest BCUT2D eigenvalue weighted by Crippen LogP contribution is 2.21. The van der Waals surface area contributed by atoms with E-state index >= 15 is 0 Å². The van der Waals surface area contributed by atoms with Gasteiger partial charge in [0.1, 0.15) is 5.69 Å². The summed E-state index contributed by atoms with van der Waals surface area (Å²) in [6.45, 7) is 7.23. The lowest BCUT2D eigenvalue weighted by Crippen LogP contribution is -2.50. The number of amides is 2. The highest BCUT2D eigenvalue weighted by Gasteiger charge is 2.29. The van der Waals surface area contributed by atoms with E-state index in [9.17, 15) is 14.4 Å². The monoisotopic (exact) mass is 417 g/mol. The molecule has 154 valence electrons. The number of carbonyl (C=O) groups excluding carboxylic acids is 3. The lowest BCUT2D eigenvalue weighted by Gasteiger charge is -2.34. The molecule has 3 rings (SSSR count). The highest BCUT2D eigenvalue weighted by molar-refractivity contribution is 6.30. The van der Waals surface area contributed by atoms with Gasteiger partial charge >= 0.3 is 5.97 Å². The number of carbonyl (C=O) groups is 3. The van der Waals surface area contributed by atoms with Crippen molar-refractivity contribution in [3.05, 3.63) is 57.4 Å². The number of ether oxygens (including phenoxy) is 1. The molecule has 29 heavy (non-hydrogen) atoms. The molecule has 2 amide bonds. The normalized spacial score (nSPS) is 14.1. The second kappa shape index (κ2) is 8.69. The summed E-state index contributed by atoms with van der Waals surface area (Å²) in [4.78, 5) is 44.2. The minimum atomic E-state index is -0.434. The van der Waals surface area contributed by atoms with Crippen LogP contribution in [0.4, 0.5) is 0 Å². The fraction of sp³-hybridized carbons (Fsp3) is 0.381. The maximum atomic E-state index is 13.0. The zero-order valence-electron chi connectivity index (χ0n) is 16.8. The van der Waals surface area contributed by atoms with E-state index < -0.39 is 5.97 Å². The topological polar surface area (TPSA) is 82.7 Å². The van der Waals surface area contributed by atoms with E-state index in [4.69, 9.17) is 16.3 Å². The number of nitrogens with zero attached hydrogens (tertiary/aromatic N) is 2. The van der Waals surface area contributed by atoms with E-state index in [1.807, 2.05) is 0 Å². The molecule has 1 fully saturated rings. The van der Waals surface area contributed by atoms with Crippen LogP contribution in [0.25, 0.3) is 0 Å². The Morgan fingerprint density at radius 1 is 1.00 bits per heavy atom. The van der Waals surface area contributed by atoms with Crippen LogP contribution in [0.3, 0.4) is 0 Å². The third-order valence-electron chi connectivity index (χ3n) is 5.08. The Labute approximate surface area is 174 Å². The van der Waals surface area contributed by atoms with E-state index in [0.717, 1.165) is 0 Å². The van der Waals surface area contributed by atoms with Crippen LogP contribution in [0.5, 0.6) is 0 Å². The molecular formula is C21H24ClN3O4. The van der Waals surface area contributed by atoms with E-state index in [2.05, 4.69) is 4.98 Å². The minimum absolute atomic E-state index is 0.0785. The fourth-order valence-corrected chi connectivity index (χ4v) is 3.65. The molecule has 0 radical (unpaired) electrons. The zero-order valence-corrected chi connectivity index (χ0v) is 17.5. The number of piperazine rings is 1. The lowest BCUT2D eigenvalue weighted by molar-refractivity contribution is 0.0522. The fourth-order valence-electron chi connectivity index (χ4n) is 3.52.